The summed E-state index contributed by atoms with van der Waals surface area (Å²) in [6.45, 7) is -1.34. The summed E-state index contributed by atoms with van der Waals surface area (Å²) in [5, 5.41) is 55.9. The van der Waals surface area contributed by atoms with Crippen molar-refractivity contribution in [2.75, 3.05) is 65.6 Å². The maximum atomic E-state index is 11.4. The van der Waals surface area contributed by atoms with Gasteiger partial charge in [0.1, 0.15) is 5.75 Å². The van der Waals surface area contributed by atoms with Crippen molar-refractivity contribution in [3.8, 4) is 5.75 Å². The number of ether oxygens (including phenoxy) is 1. The van der Waals surface area contributed by atoms with Crippen molar-refractivity contribution in [3.63, 3.8) is 0 Å². The Bertz CT molecular complexity index is 840. The molecule has 215 valence electrons. The fourth-order valence-electron chi connectivity index (χ4n) is 3.72. The molecule has 1 rings (SSSR count). The van der Waals surface area contributed by atoms with E-state index in [2.05, 4.69) is 0 Å². The molecule has 0 aliphatic rings. The topological polar surface area (TPSA) is 203 Å². The first-order valence-electron chi connectivity index (χ1n) is 11.3. The van der Waals surface area contributed by atoms with E-state index in [1.54, 1.807) is 24.3 Å². The Hall–Kier alpha value is -1.94. The summed E-state index contributed by atoms with van der Waals surface area (Å²) in [7, 11) is 0. The van der Waals surface area contributed by atoms with E-state index in [-0.39, 0.29) is 80.0 Å². The molecule has 0 unspecified atom stereocenters. The quantitative estimate of drug-likeness (QED) is 0.126. The van der Waals surface area contributed by atoms with Gasteiger partial charge >= 0.3 is 39.9 Å². The minimum absolute atomic E-state index is 0. The standard InChI is InChI=1S/C23H34N3O10.CH4.Gd/c1-2-36-19-5-3-17(4-6-19)11-18(26(9-10-27)16-23(34)35)12-24(13-20(28)29)7-8-25(14-21(30)31)15-22(32)33;;/h3-6,18H,2,7-16H2,1H3,(H,28,29)(H,30,31)(H,32,33)(H,34,35);1H4;/q-1;;+3/p-4/t18-;;/m0../s1. The van der Waals surface area contributed by atoms with E-state index in [1.807, 2.05) is 6.92 Å². The zero-order valence-corrected chi connectivity index (χ0v) is 22.7. The fourth-order valence-corrected chi connectivity index (χ4v) is 3.72. The summed E-state index contributed by atoms with van der Waals surface area (Å²) in [4.78, 5) is 48.3. The molecule has 0 aliphatic heterocycles. The fraction of sp³-hybridized carbons (Fsp3) is 0.583. The number of carbonyl (C=O) groups excluding carboxylic acids is 4. The van der Waals surface area contributed by atoms with Gasteiger partial charge in [0.05, 0.1) is 30.5 Å². The molecule has 0 aromatic heterocycles. The van der Waals surface area contributed by atoms with Gasteiger partial charge in [-0.3, -0.25) is 14.7 Å². The van der Waals surface area contributed by atoms with Crippen LogP contribution in [0.3, 0.4) is 0 Å². The van der Waals surface area contributed by atoms with Crippen LogP contribution < -0.4 is 30.3 Å². The smallest absolute Gasteiger partial charge is 0.854 e. The van der Waals surface area contributed by atoms with Crippen molar-refractivity contribution in [2.45, 2.75) is 26.8 Å². The summed E-state index contributed by atoms with van der Waals surface area (Å²) < 4.78 is 5.41. The summed E-state index contributed by atoms with van der Waals surface area (Å²) in [6.07, 6.45) is 0.241. The third-order valence-electron chi connectivity index (χ3n) is 5.19. The van der Waals surface area contributed by atoms with Crippen molar-refractivity contribution < 1.29 is 89.4 Å². The molecular weight excluding hydrogens is 648 g/mol. The second-order valence-corrected chi connectivity index (χ2v) is 8.04. The van der Waals surface area contributed by atoms with Crippen LogP contribution in [-0.4, -0.2) is 110 Å². The first kappa shape index (κ1) is 38.2. The van der Waals surface area contributed by atoms with Crippen molar-refractivity contribution >= 4 is 23.9 Å². The number of benzene rings is 1. The van der Waals surface area contributed by atoms with Crippen LogP contribution in [0.5, 0.6) is 5.75 Å². The van der Waals surface area contributed by atoms with E-state index < -0.39 is 62.7 Å². The Balaban J connectivity index is 0. The molecule has 13 nitrogen and oxygen atoms in total. The minimum Gasteiger partial charge on any atom is -0.854 e. The molecule has 0 bridgehead atoms. The number of nitrogens with zero attached hydrogens (tertiary/aromatic N) is 3. The average Bonchev–Trinajstić information content (AvgIpc) is 2.76. The Morgan fingerprint density at radius 1 is 0.789 bits per heavy atom. The van der Waals surface area contributed by atoms with Gasteiger partial charge in [0.15, 0.2) is 0 Å². The molecule has 1 radical (unpaired) electrons. The average molecular weight is 682 g/mol. The first-order chi connectivity index (χ1) is 17.0. The van der Waals surface area contributed by atoms with E-state index in [1.165, 1.54) is 9.80 Å². The third-order valence-corrected chi connectivity index (χ3v) is 5.19. The predicted octanol–water partition coefficient (Wildman–Crippen LogP) is -6.10. The summed E-state index contributed by atoms with van der Waals surface area (Å²) in [6, 6.07) is 6.32. The summed E-state index contributed by atoms with van der Waals surface area (Å²) in [5.74, 6) is -5.28. The van der Waals surface area contributed by atoms with E-state index in [0.29, 0.717) is 12.4 Å². The van der Waals surface area contributed by atoms with Crippen LogP contribution >= 0.6 is 0 Å². The zero-order valence-electron chi connectivity index (χ0n) is 20.4. The van der Waals surface area contributed by atoms with Gasteiger partial charge < -0.3 is 49.4 Å². The minimum atomic E-state index is -1.52. The molecule has 0 heterocycles. The van der Waals surface area contributed by atoms with Gasteiger partial charge in [-0.2, -0.15) is 0 Å². The summed E-state index contributed by atoms with van der Waals surface area (Å²) >= 11 is 0. The molecule has 0 fully saturated rings. The van der Waals surface area contributed by atoms with Gasteiger partial charge in [-0.15, -0.1) is 6.61 Å². The molecule has 0 N–H and O–H groups in total. The van der Waals surface area contributed by atoms with Crippen LogP contribution in [0.25, 0.3) is 0 Å². The van der Waals surface area contributed by atoms with E-state index in [4.69, 9.17) is 4.74 Å². The van der Waals surface area contributed by atoms with Crippen molar-refractivity contribution in [3.05, 3.63) is 29.8 Å². The van der Waals surface area contributed by atoms with Crippen LogP contribution in [0.1, 0.15) is 19.9 Å². The van der Waals surface area contributed by atoms with Crippen LogP contribution in [0.15, 0.2) is 24.3 Å². The molecule has 0 saturated carbocycles. The van der Waals surface area contributed by atoms with Gasteiger partial charge in [-0.05, 0) is 37.6 Å². The first-order valence-corrected chi connectivity index (χ1v) is 11.3. The molecular formula is C24H34GdN3O10-2. The third kappa shape index (κ3) is 16.8. The van der Waals surface area contributed by atoms with Crippen LogP contribution in [0.4, 0.5) is 0 Å². The second kappa shape index (κ2) is 21.0. The van der Waals surface area contributed by atoms with E-state index in [0.717, 1.165) is 10.5 Å². The molecule has 1 aromatic carbocycles. The number of hydrogen-bond acceptors (Lipinski definition) is 13. The van der Waals surface area contributed by atoms with Crippen LogP contribution in [0.2, 0.25) is 0 Å². The van der Waals surface area contributed by atoms with Gasteiger partial charge in [0, 0.05) is 51.9 Å². The van der Waals surface area contributed by atoms with Crippen LogP contribution in [-0.2, 0) is 25.6 Å². The molecule has 0 aliphatic carbocycles. The Morgan fingerprint density at radius 2 is 1.26 bits per heavy atom. The summed E-state index contributed by atoms with van der Waals surface area (Å²) in [5.41, 5.74) is 0.765. The molecule has 0 saturated heterocycles. The predicted molar refractivity (Wildman–Crippen MR) is 121 cm³/mol. The number of carboxylic acid groups (broad SMARTS) is 4. The Labute approximate surface area is 254 Å². The van der Waals surface area contributed by atoms with Gasteiger partial charge in [0.2, 0.25) is 0 Å². The van der Waals surface area contributed by atoms with Crippen LogP contribution in [0, 0.1) is 39.9 Å². The number of hydrogen-bond donors (Lipinski definition) is 0. The molecule has 1 aromatic rings. The number of carbonyl (C=O) groups is 4. The van der Waals surface area contributed by atoms with Crippen molar-refractivity contribution in [2.24, 2.45) is 0 Å². The van der Waals surface area contributed by atoms with Gasteiger partial charge in [0.25, 0.3) is 0 Å². The SMILES string of the molecule is C.CCOc1ccc(C[C@@H](CN(CCN(CC(=O)[O-])CC(=O)[O-])CC(=O)[O-])N(CC[O-])CC(=O)[O-])cc1.[Gd+3]. The molecule has 0 amide bonds. The maximum Gasteiger partial charge on any atom is 3.00 e. The number of carboxylic acids is 4. The van der Waals surface area contributed by atoms with Crippen molar-refractivity contribution in [1.82, 2.24) is 14.7 Å². The Morgan fingerprint density at radius 3 is 1.71 bits per heavy atom. The van der Waals surface area contributed by atoms with Gasteiger partial charge in [-0.1, -0.05) is 19.6 Å². The van der Waals surface area contributed by atoms with Crippen molar-refractivity contribution in [1.29, 1.82) is 0 Å². The molecule has 0 spiro atoms. The number of rotatable bonds is 20. The molecule has 38 heavy (non-hydrogen) atoms. The van der Waals surface area contributed by atoms with E-state index in [9.17, 15) is 44.7 Å². The van der Waals surface area contributed by atoms with E-state index >= 15 is 0 Å². The Kier molecular flexibility index (Phi) is 21.1. The number of aliphatic carboxylic acids is 4. The maximum absolute atomic E-state index is 11.4. The normalized spacial score (nSPS) is 11.5. The van der Waals surface area contributed by atoms with Gasteiger partial charge in [-0.25, -0.2) is 0 Å². The zero-order chi connectivity index (χ0) is 27.1. The molecule has 1 atom stereocenters. The molecule has 14 heteroatoms. The largest absolute Gasteiger partial charge is 3.00 e. The second-order valence-electron chi connectivity index (χ2n) is 8.04. The monoisotopic (exact) mass is 682 g/mol.